The van der Waals surface area contributed by atoms with Crippen LogP contribution in [0.15, 0.2) is 24.3 Å². The zero-order chi connectivity index (χ0) is 11.5. The van der Waals surface area contributed by atoms with Crippen LogP contribution in [0.1, 0.15) is 5.56 Å². The lowest BCUT2D eigenvalue weighted by atomic mass is 10.2. The molecule has 1 fully saturated rings. The largest absolute Gasteiger partial charge is 0.465 e. The lowest BCUT2D eigenvalue weighted by Gasteiger charge is -2.34. The minimum atomic E-state index is -0.816. The van der Waals surface area contributed by atoms with E-state index in [-0.39, 0.29) is 0 Å². The summed E-state index contributed by atoms with van der Waals surface area (Å²) >= 11 is 0. The van der Waals surface area contributed by atoms with Gasteiger partial charge in [-0.2, -0.15) is 0 Å². The SMILES string of the molecule is Cc1ccc(N2CCN(C(=O)O)CC2)cc1. The molecule has 0 aromatic heterocycles. The van der Waals surface area contributed by atoms with E-state index in [4.69, 9.17) is 5.11 Å². The predicted octanol–water partition coefficient (Wildman–Crippen LogP) is 1.80. The van der Waals surface area contributed by atoms with Gasteiger partial charge < -0.3 is 14.9 Å². The molecule has 16 heavy (non-hydrogen) atoms. The van der Waals surface area contributed by atoms with Gasteiger partial charge in [0, 0.05) is 31.9 Å². The van der Waals surface area contributed by atoms with Crippen LogP contribution in [0, 0.1) is 6.92 Å². The topological polar surface area (TPSA) is 43.8 Å². The van der Waals surface area contributed by atoms with E-state index in [9.17, 15) is 4.79 Å². The third kappa shape index (κ3) is 2.27. The Morgan fingerprint density at radius 1 is 1.12 bits per heavy atom. The Balaban J connectivity index is 1.99. The van der Waals surface area contributed by atoms with Gasteiger partial charge in [0.1, 0.15) is 0 Å². The van der Waals surface area contributed by atoms with E-state index in [1.54, 1.807) is 0 Å². The van der Waals surface area contributed by atoms with Crippen LogP contribution in [0.25, 0.3) is 0 Å². The molecule has 86 valence electrons. The highest BCUT2D eigenvalue weighted by Gasteiger charge is 2.20. The molecule has 0 atom stereocenters. The highest BCUT2D eigenvalue weighted by molar-refractivity contribution is 5.65. The van der Waals surface area contributed by atoms with Crippen LogP contribution in [-0.2, 0) is 0 Å². The maximum Gasteiger partial charge on any atom is 0.407 e. The number of amides is 1. The standard InChI is InChI=1S/C12H16N2O2/c1-10-2-4-11(5-3-10)13-6-8-14(9-7-13)12(15)16/h2-5H,6-9H2,1H3,(H,15,16). The Bertz CT molecular complexity index is 367. The fourth-order valence-electron chi connectivity index (χ4n) is 1.91. The van der Waals surface area contributed by atoms with Crippen LogP contribution in [-0.4, -0.2) is 42.3 Å². The van der Waals surface area contributed by atoms with Gasteiger partial charge in [0.25, 0.3) is 0 Å². The second-order valence-electron chi connectivity index (χ2n) is 4.09. The molecule has 0 bridgehead atoms. The smallest absolute Gasteiger partial charge is 0.407 e. The fraction of sp³-hybridized carbons (Fsp3) is 0.417. The molecule has 1 aliphatic heterocycles. The minimum Gasteiger partial charge on any atom is -0.465 e. The maximum atomic E-state index is 10.7. The average molecular weight is 220 g/mol. The van der Waals surface area contributed by atoms with Gasteiger partial charge in [-0.25, -0.2) is 4.79 Å². The molecule has 1 heterocycles. The summed E-state index contributed by atoms with van der Waals surface area (Å²) in [7, 11) is 0. The van der Waals surface area contributed by atoms with Crippen molar-refractivity contribution in [3.8, 4) is 0 Å². The van der Waals surface area contributed by atoms with Crippen LogP contribution >= 0.6 is 0 Å². The van der Waals surface area contributed by atoms with Gasteiger partial charge in [-0.05, 0) is 19.1 Å². The number of hydrogen-bond donors (Lipinski definition) is 1. The summed E-state index contributed by atoms with van der Waals surface area (Å²) in [6.07, 6.45) is -0.816. The molecule has 1 saturated heterocycles. The molecule has 4 nitrogen and oxygen atoms in total. The highest BCUT2D eigenvalue weighted by Crippen LogP contribution is 2.16. The van der Waals surface area contributed by atoms with E-state index >= 15 is 0 Å². The minimum absolute atomic E-state index is 0.587. The Labute approximate surface area is 95.1 Å². The number of rotatable bonds is 1. The maximum absolute atomic E-state index is 10.7. The molecular weight excluding hydrogens is 204 g/mol. The van der Waals surface area contributed by atoms with Gasteiger partial charge in [-0.3, -0.25) is 0 Å². The summed E-state index contributed by atoms with van der Waals surface area (Å²) in [5.41, 5.74) is 2.42. The van der Waals surface area contributed by atoms with Gasteiger partial charge in [-0.1, -0.05) is 17.7 Å². The summed E-state index contributed by atoms with van der Waals surface area (Å²) in [5, 5.41) is 8.84. The van der Waals surface area contributed by atoms with Crippen LogP contribution in [0.4, 0.5) is 10.5 Å². The molecule has 2 rings (SSSR count). The molecule has 0 radical (unpaired) electrons. The number of hydrogen-bond acceptors (Lipinski definition) is 2. The van der Waals surface area contributed by atoms with Crippen LogP contribution in [0.2, 0.25) is 0 Å². The average Bonchev–Trinajstić information content (AvgIpc) is 2.30. The molecule has 1 N–H and O–H groups in total. The third-order valence-electron chi connectivity index (χ3n) is 2.95. The number of piperazine rings is 1. The first-order valence-electron chi connectivity index (χ1n) is 5.46. The van der Waals surface area contributed by atoms with Gasteiger partial charge in [-0.15, -0.1) is 0 Å². The number of benzene rings is 1. The van der Waals surface area contributed by atoms with Crippen molar-refractivity contribution in [1.29, 1.82) is 0 Å². The van der Waals surface area contributed by atoms with Gasteiger partial charge >= 0.3 is 6.09 Å². The zero-order valence-electron chi connectivity index (χ0n) is 9.39. The van der Waals surface area contributed by atoms with Crippen molar-refractivity contribution in [3.63, 3.8) is 0 Å². The van der Waals surface area contributed by atoms with Gasteiger partial charge in [0.15, 0.2) is 0 Å². The fourth-order valence-corrected chi connectivity index (χ4v) is 1.91. The van der Waals surface area contributed by atoms with Crippen LogP contribution in [0.3, 0.4) is 0 Å². The van der Waals surface area contributed by atoms with Gasteiger partial charge in [0.2, 0.25) is 0 Å². The second kappa shape index (κ2) is 4.43. The number of nitrogens with zero attached hydrogens (tertiary/aromatic N) is 2. The molecule has 1 aliphatic rings. The summed E-state index contributed by atoms with van der Waals surface area (Å²) in [6, 6.07) is 8.34. The second-order valence-corrected chi connectivity index (χ2v) is 4.09. The van der Waals surface area contributed by atoms with Crippen molar-refractivity contribution in [2.24, 2.45) is 0 Å². The lowest BCUT2D eigenvalue weighted by Crippen LogP contribution is -2.48. The van der Waals surface area contributed by atoms with Crippen molar-refractivity contribution < 1.29 is 9.90 Å². The van der Waals surface area contributed by atoms with E-state index < -0.39 is 6.09 Å². The summed E-state index contributed by atoms with van der Waals surface area (Å²) in [5.74, 6) is 0. The van der Waals surface area contributed by atoms with E-state index in [2.05, 4.69) is 36.1 Å². The van der Waals surface area contributed by atoms with E-state index in [0.29, 0.717) is 13.1 Å². The normalized spacial score (nSPS) is 16.3. The lowest BCUT2D eigenvalue weighted by molar-refractivity contribution is 0.142. The van der Waals surface area contributed by atoms with Crippen molar-refractivity contribution in [3.05, 3.63) is 29.8 Å². The first-order valence-corrected chi connectivity index (χ1v) is 5.46. The molecule has 0 spiro atoms. The van der Waals surface area contributed by atoms with Crippen LogP contribution in [0.5, 0.6) is 0 Å². The zero-order valence-corrected chi connectivity index (χ0v) is 9.39. The van der Waals surface area contributed by atoms with Crippen LogP contribution < -0.4 is 4.90 Å². The predicted molar refractivity (Wildman–Crippen MR) is 63.0 cm³/mol. The number of anilines is 1. The number of carboxylic acid groups (broad SMARTS) is 1. The number of carbonyl (C=O) groups is 1. The first-order chi connectivity index (χ1) is 7.66. The van der Waals surface area contributed by atoms with Gasteiger partial charge in [0.05, 0.1) is 0 Å². The molecule has 4 heteroatoms. The van der Waals surface area contributed by atoms with Crippen molar-refractivity contribution in [1.82, 2.24) is 4.90 Å². The third-order valence-corrected chi connectivity index (χ3v) is 2.95. The molecule has 1 amide bonds. The Morgan fingerprint density at radius 2 is 1.69 bits per heavy atom. The van der Waals surface area contributed by atoms with Crippen molar-refractivity contribution >= 4 is 11.8 Å². The Hall–Kier alpha value is -1.71. The molecule has 1 aromatic carbocycles. The van der Waals surface area contributed by atoms with E-state index in [0.717, 1.165) is 13.1 Å². The van der Waals surface area contributed by atoms with Crippen molar-refractivity contribution in [2.75, 3.05) is 31.1 Å². The van der Waals surface area contributed by atoms with E-state index in [1.165, 1.54) is 16.2 Å². The monoisotopic (exact) mass is 220 g/mol. The van der Waals surface area contributed by atoms with E-state index in [1.807, 2.05) is 0 Å². The highest BCUT2D eigenvalue weighted by atomic mass is 16.4. The molecule has 0 saturated carbocycles. The quantitative estimate of drug-likeness (QED) is 0.784. The first kappa shape index (κ1) is 10.8. The molecule has 0 aliphatic carbocycles. The molecular formula is C12H16N2O2. The molecule has 1 aromatic rings. The Kier molecular flexibility index (Phi) is 2.99. The number of aryl methyl sites for hydroxylation is 1. The van der Waals surface area contributed by atoms with Crippen molar-refractivity contribution in [2.45, 2.75) is 6.92 Å². The molecule has 0 unspecified atom stereocenters. The summed E-state index contributed by atoms with van der Waals surface area (Å²) in [4.78, 5) is 14.4. The summed E-state index contributed by atoms with van der Waals surface area (Å²) < 4.78 is 0. The summed E-state index contributed by atoms with van der Waals surface area (Å²) in [6.45, 7) is 4.78. The Morgan fingerprint density at radius 3 is 2.19 bits per heavy atom.